The van der Waals surface area contributed by atoms with Crippen LogP contribution in [0.1, 0.15) is 37.2 Å². The number of likely N-dealkylation sites (tertiary alicyclic amines) is 1. The first kappa shape index (κ1) is 22.3. The molecule has 35 heavy (non-hydrogen) atoms. The SMILES string of the molecule is Fc1cc(F)cc(-c2cnc(N3CCC(CN4CCC(c5c[nH]c6ccccc56)CC4)CC3)o2)c1. The van der Waals surface area contributed by atoms with Crippen molar-refractivity contribution >= 4 is 16.9 Å². The third kappa shape index (κ3) is 4.69. The van der Waals surface area contributed by atoms with Gasteiger partial charge >= 0.3 is 0 Å². The van der Waals surface area contributed by atoms with Gasteiger partial charge in [0.1, 0.15) is 11.6 Å². The van der Waals surface area contributed by atoms with Crippen LogP contribution in [0.4, 0.5) is 14.8 Å². The number of nitrogens with one attached hydrogen (secondary N) is 1. The van der Waals surface area contributed by atoms with Crippen molar-refractivity contribution < 1.29 is 13.2 Å². The summed E-state index contributed by atoms with van der Waals surface area (Å²) in [6.07, 6.45) is 8.36. The maximum absolute atomic E-state index is 13.5. The van der Waals surface area contributed by atoms with Crippen molar-refractivity contribution in [3.05, 3.63) is 72.1 Å². The van der Waals surface area contributed by atoms with Gasteiger partial charge in [-0.2, -0.15) is 0 Å². The Kier molecular flexibility index (Phi) is 6.02. The third-order valence-corrected chi connectivity index (χ3v) is 7.69. The van der Waals surface area contributed by atoms with Gasteiger partial charge < -0.3 is 19.2 Å². The molecule has 182 valence electrons. The summed E-state index contributed by atoms with van der Waals surface area (Å²) in [6, 6.07) is 12.5. The Balaban J connectivity index is 1.00. The smallest absolute Gasteiger partial charge is 0.297 e. The molecule has 2 saturated heterocycles. The van der Waals surface area contributed by atoms with Gasteiger partial charge in [0, 0.05) is 48.4 Å². The van der Waals surface area contributed by atoms with Crippen LogP contribution in [0.25, 0.3) is 22.2 Å². The Morgan fingerprint density at radius 3 is 2.46 bits per heavy atom. The number of H-pyrrole nitrogens is 1. The lowest BCUT2D eigenvalue weighted by atomic mass is 9.88. The first-order valence-electron chi connectivity index (χ1n) is 12.6. The largest absolute Gasteiger partial charge is 0.423 e. The molecule has 0 radical (unpaired) electrons. The summed E-state index contributed by atoms with van der Waals surface area (Å²) < 4.78 is 32.9. The maximum atomic E-state index is 13.5. The minimum absolute atomic E-state index is 0.368. The van der Waals surface area contributed by atoms with E-state index in [0.29, 0.717) is 29.2 Å². The molecule has 7 heteroatoms. The molecule has 0 bridgehead atoms. The number of halogens is 2. The van der Waals surface area contributed by atoms with Crippen LogP contribution in [-0.2, 0) is 0 Å². The van der Waals surface area contributed by atoms with Crippen LogP contribution in [0, 0.1) is 17.6 Å². The van der Waals surface area contributed by atoms with Crippen molar-refractivity contribution in [2.24, 2.45) is 5.92 Å². The summed E-state index contributed by atoms with van der Waals surface area (Å²) in [7, 11) is 0. The van der Waals surface area contributed by atoms with Gasteiger partial charge in [-0.15, -0.1) is 0 Å². The van der Waals surface area contributed by atoms with E-state index in [0.717, 1.165) is 51.6 Å². The summed E-state index contributed by atoms with van der Waals surface area (Å²) in [5.41, 5.74) is 3.07. The average Bonchev–Trinajstić information content (AvgIpc) is 3.53. The Hall–Kier alpha value is -3.19. The number of hydrogen-bond donors (Lipinski definition) is 1. The second-order valence-electron chi connectivity index (χ2n) is 9.96. The first-order chi connectivity index (χ1) is 17.1. The highest BCUT2D eigenvalue weighted by Crippen LogP contribution is 2.34. The van der Waals surface area contributed by atoms with Gasteiger partial charge in [-0.1, -0.05) is 18.2 Å². The second kappa shape index (κ2) is 9.46. The van der Waals surface area contributed by atoms with Gasteiger partial charge in [0.25, 0.3) is 6.01 Å². The van der Waals surface area contributed by atoms with E-state index in [-0.39, 0.29) is 0 Å². The lowest BCUT2D eigenvalue weighted by molar-refractivity contribution is 0.170. The lowest BCUT2D eigenvalue weighted by Crippen LogP contribution is -2.41. The van der Waals surface area contributed by atoms with E-state index >= 15 is 0 Å². The number of fused-ring (bicyclic) bond motifs is 1. The Bertz CT molecular complexity index is 1280. The number of anilines is 1. The van der Waals surface area contributed by atoms with E-state index in [9.17, 15) is 8.78 Å². The molecule has 0 saturated carbocycles. The Morgan fingerprint density at radius 1 is 0.943 bits per heavy atom. The van der Waals surface area contributed by atoms with E-state index in [4.69, 9.17) is 4.42 Å². The second-order valence-corrected chi connectivity index (χ2v) is 9.96. The van der Waals surface area contributed by atoms with Crippen LogP contribution in [0.2, 0.25) is 0 Å². The van der Waals surface area contributed by atoms with Crippen LogP contribution < -0.4 is 4.90 Å². The molecule has 0 spiro atoms. The number of rotatable bonds is 5. The molecule has 0 aliphatic carbocycles. The van der Waals surface area contributed by atoms with Gasteiger partial charge in [0.05, 0.1) is 6.20 Å². The Morgan fingerprint density at radius 2 is 1.69 bits per heavy atom. The molecule has 0 unspecified atom stereocenters. The average molecular weight is 477 g/mol. The van der Waals surface area contributed by atoms with Crippen LogP contribution in [0.5, 0.6) is 0 Å². The molecule has 2 aromatic heterocycles. The predicted octanol–water partition coefficient (Wildman–Crippen LogP) is 6.20. The van der Waals surface area contributed by atoms with Gasteiger partial charge in [-0.05, 0) is 74.4 Å². The molecular weight excluding hydrogens is 446 g/mol. The van der Waals surface area contributed by atoms with E-state index in [1.165, 1.54) is 41.4 Å². The Labute approximate surface area is 203 Å². The lowest BCUT2D eigenvalue weighted by Gasteiger charge is -2.37. The van der Waals surface area contributed by atoms with Crippen LogP contribution in [0.3, 0.4) is 0 Å². The number of benzene rings is 2. The van der Waals surface area contributed by atoms with Crippen molar-refractivity contribution in [1.82, 2.24) is 14.9 Å². The number of nitrogens with zero attached hydrogens (tertiary/aromatic N) is 3. The topological polar surface area (TPSA) is 48.3 Å². The normalized spacial score (nSPS) is 18.5. The summed E-state index contributed by atoms with van der Waals surface area (Å²) in [4.78, 5) is 12.6. The van der Waals surface area contributed by atoms with Crippen LogP contribution in [-0.4, -0.2) is 47.6 Å². The van der Waals surface area contributed by atoms with Crippen molar-refractivity contribution in [2.75, 3.05) is 37.6 Å². The zero-order valence-electron chi connectivity index (χ0n) is 19.7. The number of para-hydroxylation sites is 1. The molecule has 4 heterocycles. The standard InChI is InChI=1S/C28H30F2N4O/c29-22-13-21(14-23(30)15-22)27-17-32-28(35-27)34-11-5-19(6-12-34)18-33-9-7-20(8-10-33)25-16-31-26-4-2-1-3-24(25)26/h1-4,13-17,19-20,31H,5-12,18H2. The highest BCUT2D eigenvalue weighted by molar-refractivity contribution is 5.83. The quantitative estimate of drug-likeness (QED) is 0.373. The fourth-order valence-corrected chi connectivity index (χ4v) is 5.77. The molecule has 2 aliphatic rings. The molecule has 2 aromatic carbocycles. The van der Waals surface area contributed by atoms with Crippen LogP contribution in [0.15, 0.2) is 59.3 Å². The van der Waals surface area contributed by atoms with E-state index in [1.807, 2.05) is 0 Å². The molecule has 0 atom stereocenters. The molecule has 4 aromatic rings. The van der Waals surface area contributed by atoms with Gasteiger partial charge in [0.15, 0.2) is 5.76 Å². The number of hydrogen-bond acceptors (Lipinski definition) is 4. The zero-order valence-corrected chi connectivity index (χ0v) is 19.7. The number of aromatic amines is 1. The number of oxazole rings is 1. The van der Waals surface area contributed by atoms with Crippen molar-refractivity contribution in [3.63, 3.8) is 0 Å². The van der Waals surface area contributed by atoms with Crippen molar-refractivity contribution in [3.8, 4) is 11.3 Å². The fraction of sp³-hybridized carbons (Fsp3) is 0.393. The summed E-state index contributed by atoms with van der Waals surface area (Å²) in [5.74, 6) is 0.449. The van der Waals surface area contributed by atoms with E-state index in [2.05, 4.69) is 50.2 Å². The monoisotopic (exact) mass is 476 g/mol. The highest BCUT2D eigenvalue weighted by Gasteiger charge is 2.27. The molecule has 6 rings (SSSR count). The summed E-state index contributed by atoms with van der Waals surface area (Å²) >= 11 is 0. The summed E-state index contributed by atoms with van der Waals surface area (Å²) in [6.45, 7) is 5.21. The number of piperidine rings is 2. The highest BCUT2D eigenvalue weighted by atomic mass is 19.1. The molecule has 2 aliphatic heterocycles. The zero-order chi connectivity index (χ0) is 23.8. The van der Waals surface area contributed by atoms with E-state index in [1.54, 1.807) is 6.20 Å². The maximum Gasteiger partial charge on any atom is 0.297 e. The first-order valence-corrected chi connectivity index (χ1v) is 12.6. The van der Waals surface area contributed by atoms with Gasteiger partial charge in [0.2, 0.25) is 0 Å². The number of aromatic nitrogens is 2. The fourth-order valence-electron chi connectivity index (χ4n) is 5.77. The predicted molar refractivity (Wildman–Crippen MR) is 134 cm³/mol. The molecule has 2 fully saturated rings. The third-order valence-electron chi connectivity index (χ3n) is 7.69. The summed E-state index contributed by atoms with van der Waals surface area (Å²) in [5, 5.41) is 1.37. The molecule has 1 N–H and O–H groups in total. The van der Waals surface area contributed by atoms with Gasteiger partial charge in [-0.3, -0.25) is 0 Å². The minimum Gasteiger partial charge on any atom is -0.423 e. The van der Waals surface area contributed by atoms with Crippen LogP contribution >= 0.6 is 0 Å². The molecular formula is C28H30F2N4O. The van der Waals surface area contributed by atoms with Crippen molar-refractivity contribution in [1.29, 1.82) is 0 Å². The van der Waals surface area contributed by atoms with Crippen molar-refractivity contribution in [2.45, 2.75) is 31.6 Å². The molecule has 5 nitrogen and oxygen atoms in total. The minimum atomic E-state index is -0.621. The van der Waals surface area contributed by atoms with Gasteiger partial charge in [-0.25, -0.2) is 13.8 Å². The molecule has 0 amide bonds. The van der Waals surface area contributed by atoms with E-state index < -0.39 is 11.6 Å².